The lowest BCUT2D eigenvalue weighted by Gasteiger charge is -2.14. The quantitative estimate of drug-likeness (QED) is 0.847. The fraction of sp³-hybridized carbons (Fsp3) is 0.583. The predicted octanol–water partition coefficient (Wildman–Crippen LogP) is 2.54. The van der Waals surface area contributed by atoms with E-state index in [1.54, 1.807) is 11.3 Å². The molecule has 0 aliphatic rings. The molecular weight excluding hydrogens is 300 g/mol. The number of halogens is 1. The molecule has 1 atom stereocenters. The van der Waals surface area contributed by atoms with Gasteiger partial charge in [0.25, 0.3) is 0 Å². The SMILES string of the molecule is CC(C)C(N)CC(=O)NCCc1ccc(Br)s1. The maximum absolute atomic E-state index is 11.6. The molecule has 1 heterocycles. The van der Waals surface area contributed by atoms with Crippen LogP contribution in [0.3, 0.4) is 0 Å². The van der Waals surface area contributed by atoms with Crippen LogP contribution in [0.1, 0.15) is 25.1 Å². The molecule has 1 amide bonds. The number of hydrogen-bond donors (Lipinski definition) is 2. The summed E-state index contributed by atoms with van der Waals surface area (Å²) in [5.41, 5.74) is 5.84. The lowest BCUT2D eigenvalue weighted by atomic mass is 10.0. The van der Waals surface area contributed by atoms with E-state index in [1.165, 1.54) is 4.88 Å². The Labute approximate surface area is 115 Å². The Morgan fingerprint density at radius 2 is 2.24 bits per heavy atom. The third-order valence-corrected chi connectivity index (χ3v) is 4.28. The summed E-state index contributed by atoms with van der Waals surface area (Å²) in [5, 5.41) is 2.90. The van der Waals surface area contributed by atoms with E-state index < -0.39 is 0 Å². The van der Waals surface area contributed by atoms with Crippen molar-refractivity contribution in [2.45, 2.75) is 32.7 Å². The highest BCUT2D eigenvalue weighted by atomic mass is 79.9. The van der Waals surface area contributed by atoms with Crippen molar-refractivity contribution < 1.29 is 4.79 Å². The van der Waals surface area contributed by atoms with Crippen LogP contribution in [0.15, 0.2) is 15.9 Å². The summed E-state index contributed by atoms with van der Waals surface area (Å²) in [6.45, 7) is 4.73. The van der Waals surface area contributed by atoms with Gasteiger partial charge in [0.15, 0.2) is 0 Å². The van der Waals surface area contributed by atoms with Gasteiger partial charge in [-0.25, -0.2) is 0 Å². The molecule has 0 fully saturated rings. The Morgan fingerprint density at radius 3 is 2.76 bits per heavy atom. The number of nitrogens with two attached hydrogens (primary N) is 1. The maximum atomic E-state index is 11.6. The average Bonchev–Trinajstić information content (AvgIpc) is 2.64. The summed E-state index contributed by atoms with van der Waals surface area (Å²) in [4.78, 5) is 12.8. The molecule has 1 aromatic heterocycles. The van der Waals surface area contributed by atoms with Crippen LogP contribution in [-0.2, 0) is 11.2 Å². The van der Waals surface area contributed by atoms with E-state index in [9.17, 15) is 4.79 Å². The minimum atomic E-state index is -0.0501. The van der Waals surface area contributed by atoms with Crippen LogP contribution in [0.25, 0.3) is 0 Å². The molecule has 0 bridgehead atoms. The van der Waals surface area contributed by atoms with Crippen LogP contribution in [0.2, 0.25) is 0 Å². The smallest absolute Gasteiger partial charge is 0.221 e. The standard InChI is InChI=1S/C12H19BrN2OS/c1-8(2)10(14)7-12(16)15-6-5-9-3-4-11(13)17-9/h3-4,8,10H,5-7,14H2,1-2H3,(H,15,16). The highest BCUT2D eigenvalue weighted by Gasteiger charge is 2.12. The Bertz CT molecular complexity index is 365. The predicted molar refractivity (Wildman–Crippen MR) is 76.2 cm³/mol. The molecule has 17 heavy (non-hydrogen) atoms. The van der Waals surface area contributed by atoms with Crippen molar-refractivity contribution in [3.8, 4) is 0 Å². The Kier molecular flexibility index (Phi) is 6.16. The Hall–Kier alpha value is -0.390. The molecule has 3 N–H and O–H groups in total. The van der Waals surface area contributed by atoms with Crippen LogP contribution < -0.4 is 11.1 Å². The number of nitrogens with one attached hydrogen (secondary N) is 1. The van der Waals surface area contributed by atoms with Gasteiger partial charge in [-0.15, -0.1) is 11.3 Å². The zero-order valence-electron chi connectivity index (χ0n) is 10.2. The summed E-state index contributed by atoms with van der Waals surface area (Å²) in [7, 11) is 0. The monoisotopic (exact) mass is 318 g/mol. The van der Waals surface area contributed by atoms with Gasteiger partial charge in [-0.3, -0.25) is 4.79 Å². The molecule has 5 heteroatoms. The first-order valence-electron chi connectivity index (χ1n) is 5.75. The minimum Gasteiger partial charge on any atom is -0.356 e. The average molecular weight is 319 g/mol. The van der Waals surface area contributed by atoms with Crippen LogP contribution >= 0.6 is 27.3 Å². The van der Waals surface area contributed by atoms with Gasteiger partial charge in [-0.05, 0) is 40.4 Å². The summed E-state index contributed by atoms with van der Waals surface area (Å²) < 4.78 is 1.13. The second-order valence-corrected chi connectivity index (χ2v) is 6.97. The molecule has 0 radical (unpaired) electrons. The molecule has 0 aliphatic carbocycles. The molecule has 0 aromatic carbocycles. The molecule has 0 saturated heterocycles. The van der Waals surface area contributed by atoms with Gasteiger partial charge >= 0.3 is 0 Å². The topological polar surface area (TPSA) is 55.1 Å². The van der Waals surface area contributed by atoms with Gasteiger partial charge in [-0.2, -0.15) is 0 Å². The second-order valence-electron chi connectivity index (χ2n) is 4.42. The van der Waals surface area contributed by atoms with Crippen molar-refractivity contribution in [1.29, 1.82) is 0 Å². The van der Waals surface area contributed by atoms with Crippen LogP contribution in [0, 0.1) is 5.92 Å². The molecule has 1 aromatic rings. The van der Waals surface area contributed by atoms with Crippen molar-refractivity contribution in [2.75, 3.05) is 6.54 Å². The van der Waals surface area contributed by atoms with Crippen molar-refractivity contribution in [3.63, 3.8) is 0 Å². The summed E-state index contributed by atoms with van der Waals surface area (Å²) in [6, 6.07) is 4.04. The van der Waals surface area contributed by atoms with Gasteiger partial charge in [0.05, 0.1) is 3.79 Å². The van der Waals surface area contributed by atoms with Gasteiger partial charge in [0.1, 0.15) is 0 Å². The molecular formula is C12H19BrN2OS. The van der Waals surface area contributed by atoms with Crippen LogP contribution in [-0.4, -0.2) is 18.5 Å². The van der Waals surface area contributed by atoms with Crippen molar-refractivity contribution in [3.05, 3.63) is 20.8 Å². The molecule has 0 aliphatic heterocycles. The molecule has 1 rings (SSSR count). The third-order valence-electron chi connectivity index (χ3n) is 2.60. The second kappa shape index (κ2) is 7.13. The number of rotatable bonds is 6. The number of carbonyl (C=O) groups excluding carboxylic acids is 1. The largest absolute Gasteiger partial charge is 0.356 e. The lowest BCUT2D eigenvalue weighted by molar-refractivity contribution is -0.121. The zero-order valence-corrected chi connectivity index (χ0v) is 12.6. The first kappa shape index (κ1) is 14.7. The molecule has 0 spiro atoms. The van der Waals surface area contributed by atoms with E-state index >= 15 is 0 Å². The minimum absolute atomic E-state index is 0.0434. The Balaban J connectivity index is 2.20. The molecule has 96 valence electrons. The molecule has 3 nitrogen and oxygen atoms in total. The van der Waals surface area contributed by atoms with E-state index in [2.05, 4.69) is 27.3 Å². The summed E-state index contributed by atoms with van der Waals surface area (Å²) in [5.74, 6) is 0.385. The molecule has 0 saturated carbocycles. The summed E-state index contributed by atoms with van der Waals surface area (Å²) in [6.07, 6.45) is 1.28. The van der Waals surface area contributed by atoms with Crippen molar-refractivity contribution in [1.82, 2.24) is 5.32 Å². The van der Waals surface area contributed by atoms with E-state index in [1.807, 2.05) is 19.9 Å². The van der Waals surface area contributed by atoms with E-state index in [4.69, 9.17) is 5.73 Å². The number of carbonyl (C=O) groups is 1. The highest BCUT2D eigenvalue weighted by Crippen LogP contribution is 2.22. The molecule has 1 unspecified atom stereocenters. The summed E-state index contributed by atoms with van der Waals surface area (Å²) >= 11 is 5.12. The van der Waals surface area contributed by atoms with Crippen LogP contribution in [0.4, 0.5) is 0 Å². The van der Waals surface area contributed by atoms with Gasteiger partial charge < -0.3 is 11.1 Å². The van der Waals surface area contributed by atoms with Gasteiger partial charge in [-0.1, -0.05) is 13.8 Å². The van der Waals surface area contributed by atoms with Crippen LogP contribution in [0.5, 0.6) is 0 Å². The third kappa shape index (κ3) is 5.66. The maximum Gasteiger partial charge on any atom is 0.221 e. The lowest BCUT2D eigenvalue weighted by Crippen LogP contribution is -2.35. The van der Waals surface area contributed by atoms with Crippen molar-refractivity contribution >= 4 is 33.2 Å². The van der Waals surface area contributed by atoms with E-state index in [0.717, 1.165) is 10.2 Å². The normalized spacial score (nSPS) is 12.8. The number of amides is 1. The Morgan fingerprint density at radius 1 is 1.53 bits per heavy atom. The van der Waals surface area contributed by atoms with E-state index in [0.29, 0.717) is 18.9 Å². The zero-order chi connectivity index (χ0) is 12.8. The first-order chi connectivity index (χ1) is 7.99. The van der Waals surface area contributed by atoms with E-state index in [-0.39, 0.29) is 11.9 Å². The first-order valence-corrected chi connectivity index (χ1v) is 7.36. The highest BCUT2D eigenvalue weighted by molar-refractivity contribution is 9.11. The van der Waals surface area contributed by atoms with Gasteiger partial charge in [0.2, 0.25) is 5.91 Å². The fourth-order valence-corrected chi connectivity index (χ4v) is 2.82. The fourth-order valence-electron chi connectivity index (χ4n) is 1.33. The number of thiophene rings is 1. The number of hydrogen-bond acceptors (Lipinski definition) is 3. The van der Waals surface area contributed by atoms with Crippen molar-refractivity contribution in [2.24, 2.45) is 11.7 Å². The van der Waals surface area contributed by atoms with Gasteiger partial charge in [0, 0.05) is 23.9 Å².